The van der Waals surface area contributed by atoms with Crippen LogP contribution in [-0.2, 0) is 21.2 Å². The molecule has 0 aliphatic carbocycles. The van der Waals surface area contributed by atoms with Crippen LogP contribution >= 0.6 is 0 Å². The Morgan fingerprint density at radius 1 is 1.07 bits per heavy atom. The highest BCUT2D eigenvalue weighted by molar-refractivity contribution is 7.92. The zero-order chi connectivity index (χ0) is 22.3. The average molecular weight is 437 g/mol. The van der Waals surface area contributed by atoms with Gasteiger partial charge in [-0.1, -0.05) is 12.1 Å². The summed E-state index contributed by atoms with van der Waals surface area (Å²) in [5.41, 5.74) is 1.36. The van der Waals surface area contributed by atoms with Gasteiger partial charge in [-0.25, -0.2) is 12.8 Å². The molecule has 0 aliphatic rings. The fraction of sp³-hybridized carbons (Fsp3) is 0.409. The molecule has 164 valence electrons. The van der Waals surface area contributed by atoms with Crippen molar-refractivity contribution in [3.05, 3.63) is 59.9 Å². The van der Waals surface area contributed by atoms with E-state index < -0.39 is 27.8 Å². The normalized spacial score (nSPS) is 12.5. The minimum Gasteiger partial charge on any atom is -0.491 e. The van der Waals surface area contributed by atoms with E-state index >= 15 is 0 Å². The van der Waals surface area contributed by atoms with Crippen LogP contribution in [0.1, 0.15) is 32.8 Å². The number of nitrogens with one attached hydrogen (secondary N) is 1. The summed E-state index contributed by atoms with van der Waals surface area (Å²) >= 11 is 0. The van der Waals surface area contributed by atoms with Gasteiger partial charge in [0.05, 0.1) is 18.0 Å². The van der Waals surface area contributed by atoms with Crippen LogP contribution in [0.5, 0.6) is 5.75 Å². The summed E-state index contributed by atoms with van der Waals surface area (Å²) in [4.78, 5) is 12.5. The number of amides is 1. The van der Waals surface area contributed by atoms with Crippen LogP contribution in [0.2, 0.25) is 0 Å². The number of hydrogen-bond acceptors (Lipinski definition) is 4. The SMILES string of the molecule is CC(C)Oc1ccc(CCCNC(=O)[C@H](C)N(c2ccc(F)cc2)S(C)(=O)=O)cc1. The monoisotopic (exact) mass is 436 g/mol. The minimum absolute atomic E-state index is 0.120. The smallest absolute Gasteiger partial charge is 0.243 e. The van der Waals surface area contributed by atoms with Gasteiger partial charge >= 0.3 is 0 Å². The van der Waals surface area contributed by atoms with Gasteiger partial charge in [-0.3, -0.25) is 9.10 Å². The Bertz CT molecular complexity index is 929. The maximum Gasteiger partial charge on any atom is 0.243 e. The minimum atomic E-state index is -3.72. The fourth-order valence-corrected chi connectivity index (χ4v) is 4.23. The van der Waals surface area contributed by atoms with Crippen molar-refractivity contribution in [2.45, 2.75) is 45.8 Å². The molecule has 0 unspecified atom stereocenters. The number of rotatable bonds is 10. The molecule has 0 aromatic heterocycles. The second-order valence-corrected chi connectivity index (χ2v) is 9.28. The van der Waals surface area contributed by atoms with Gasteiger partial charge in [0.1, 0.15) is 17.6 Å². The molecule has 0 saturated heterocycles. The number of carbonyl (C=O) groups is 1. The van der Waals surface area contributed by atoms with Crippen LogP contribution in [0.3, 0.4) is 0 Å². The van der Waals surface area contributed by atoms with Crippen LogP contribution in [0.25, 0.3) is 0 Å². The lowest BCUT2D eigenvalue weighted by atomic mass is 10.1. The summed E-state index contributed by atoms with van der Waals surface area (Å²) in [5, 5.41) is 2.78. The van der Waals surface area contributed by atoms with E-state index in [0.717, 1.165) is 40.4 Å². The molecule has 0 fully saturated rings. The second-order valence-electron chi connectivity index (χ2n) is 7.42. The Morgan fingerprint density at radius 2 is 1.67 bits per heavy atom. The highest BCUT2D eigenvalue weighted by atomic mass is 32.2. The van der Waals surface area contributed by atoms with Gasteiger partial charge in [0.2, 0.25) is 15.9 Å². The van der Waals surface area contributed by atoms with E-state index in [-0.39, 0.29) is 11.8 Å². The summed E-state index contributed by atoms with van der Waals surface area (Å²) < 4.78 is 44.2. The molecule has 2 aromatic carbocycles. The lowest BCUT2D eigenvalue weighted by molar-refractivity contribution is -0.121. The van der Waals surface area contributed by atoms with Crippen molar-refractivity contribution < 1.29 is 22.3 Å². The lowest BCUT2D eigenvalue weighted by Crippen LogP contribution is -2.48. The van der Waals surface area contributed by atoms with Gasteiger partial charge < -0.3 is 10.1 Å². The van der Waals surface area contributed by atoms with E-state index in [1.54, 1.807) is 0 Å². The predicted octanol–water partition coefficient (Wildman–Crippen LogP) is 3.52. The van der Waals surface area contributed by atoms with Crippen LogP contribution in [0.4, 0.5) is 10.1 Å². The first-order valence-corrected chi connectivity index (χ1v) is 11.7. The van der Waals surface area contributed by atoms with Gasteiger partial charge in [0.25, 0.3) is 0 Å². The quantitative estimate of drug-likeness (QED) is 0.578. The number of hydrogen-bond donors (Lipinski definition) is 1. The van der Waals surface area contributed by atoms with Crippen molar-refractivity contribution in [2.24, 2.45) is 0 Å². The third-order valence-corrected chi connectivity index (χ3v) is 5.65. The first-order valence-electron chi connectivity index (χ1n) is 9.86. The first-order chi connectivity index (χ1) is 14.1. The van der Waals surface area contributed by atoms with E-state index in [1.807, 2.05) is 38.1 Å². The molecular formula is C22H29FN2O4S. The Labute approximate surface area is 178 Å². The van der Waals surface area contributed by atoms with Crippen molar-refractivity contribution in [3.63, 3.8) is 0 Å². The Hall–Kier alpha value is -2.61. The van der Waals surface area contributed by atoms with Crippen molar-refractivity contribution >= 4 is 21.6 Å². The molecule has 1 amide bonds. The molecule has 6 nitrogen and oxygen atoms in total. The summed E-state index contributed by atoms with van der Waals surface area (Å²) in [6.07, 6.45) is 2.62. The van der Waals surface area contributed by atoms with Crippen molar-refractivity contribution in [1.82, 2.24) is 5.32 Å². The number of halogens is 1. The molecule has 0 spiro atoms. The van der Waals surface area contributed by atoms with Gasteiger partial charge in [0, 0.05) is 6.54 Å². The predicted molar refractivity (Wildman–Crippen MR) is 117 cm³/mol. The molecule has 0 aliphatic heterocycles. The first kappa shape index (κ1) is 23.7. The molecule has 1 atom stereocenters. The number of carbonyl (C=O) groups excluding carboxylic acids is 1. The number of aryl methyl sites for hydroxylation is 1. The maximum atomic E-state index is 13.2. The summed E-state index contributed by atoms with van der Waals surface area (Å²) in [5.74, 6) is -0.0731. The van der Waals surface area contributed by atoms with Gasteiger partial charge in [0.15, 0.2) is 0 Å². The topological polar surface area (TPSA) is 75.7 Å². The Balaban J connectivity index is 1.90. The van der Waals surface area contributed by atoms with Gasteiger partial charge in [-0.15, -0.1) is 0 Å². The van der Waals surface area contributed by atoms with Crippen LogP contribution in [-0.4, -0.2) is 39.3 Å². The second kappa shape index (κ2) is 10.4. The third kappa shape index (κ3) is 7.02. The summed E-state index contributed by atoms with van der Waals surface area (Å²) in [6.45, 7) is 5.86. The molecule has 2 rings (SSSR count). The molecule has 0 radical (unpaired) electrons. The largest absolute Gasteiger partial charge is 0.491 e. The van der Waals surface area contributed by atoms with E-state index in [0.29, 0.717) is 13.0 Å². The standard InChI is InChI=1S/C22H29FN2O4S/c1-16(2)29-21-13-7-18(8-14-21)6-5-15-24-22(26)17(3)25(30(4,27)28)20-11-9-19(23)10-12-20/h7-14,16-17H,5-6,15H2,1-4H3,(H,24,26)/t17-/m0/s1. The van der Waals surface area contributed by atoms with Crippen LogP contribution in [0.15, 0.2) is 48.5 Å². The van der Waals surface area contributed by atoms with E-state index in [4.69, 9.17) is 4.74 Å². The molecule has 8 heteroatoms. The van der Waals surface area contributed by atoms with Gasteiger partial charge in [-0.2, -0.15) is 0 Å². The van der Waals surface area contributed by atoms with Crippen LogP contribution in [0, 0.1) is 5.82 Å². The van der Waals surface area contributed by atoms with Crippen molar-refractivity contribution in [1.29, 1.82) is 0 Å². The number of nitrogens with zero attached hydrogens (tertiary/aromatic N) is 1. The zero-order valence-electron chi connectivity index (χ0n) is 17.8. The molecule has 0 bridgehead atoms. The number of anilines is 1. The highest BCUT2D eigenvalue weighted by Crippen LogP contribution is 2.21. The average Bonchev–Trinajstić information content (AvgIpc) is 2.66. The zero-order valence-corrected chi connectivity index (χ0v) is 18.6. The molecule has 1 N–H and O–H groups in total. The van der Waals surface area contributed by atoms with Gasteiger partial charge in [-0.05, 0) is 75.6 Å². The maximum absolute atomic E-state index is 13.2. The summed E-state index contributed by atoms with van der Waals surface area (Å²) in [6, 6.07) is 11.9. The van der Waals surface area contributed by atoms with Crippen LogP contribution < -0.4 is 14.4 Å². The van der Waals surface area contributed by atoms with E-state index in [9.17, 15) is 17.6 Å². The fourth-order valence-electron chi connectivity index (χ4n) is 3.06. The molecule has 30 heavy (non-hydrogen) atoms. The molecular weight excluding hydrogens is 407 g/mol. The molecule has 0 heterocycles. The molecule has 2 aromatic rings. The molecule has 0 saturated carbocycles. The Kier molecular flexibility index (Phi) is 8.23. The highest BCUT2D eigenvalue weighted by Gasteiger charge is 2.28. The van der Waals surface area contributed by atoms with E-state index in [1.165, 1.54) is 19.1 Å². The number of ether oxygens (including phenoxy) is 1. The number of benzene rings is 2. The number of sulfonamides is 1. The third-order valence-electron chi connectivity index (χ3n) is 4.41. The van der Waals surface area contributed by atoms with E-state index in [2.05, 4.69) is 5.32 Å². The lowest BCUT2D eigenvalue weighted by Gasteiger charge is -2.28. The van der Waals surface area contributed by atoms with Crippen molar-refractivity contribution in [2.75, 3.05) is 17.1 Å². The van der Waals surface area contributed by atoms with Crippen molar-refractivity contribution in [3.8, 4) is 5.75 Å². The Morgan fingerprint density at radius 3 is 2.20 bits per heavy atom. The summed E-state index contributed by atoms with van der Waals surface area (Å²) in [7, 11) is -3.72.